The highest BCUT2D eigenvalue weighted by Gasteiger charge is 2.48. The van der Waals surface area contributed by atoms with Gasteiger partial charge < -0.3 is 30.9 Å². The smallest absolute Gasteiger partial charge is 0.106 e. The first-order valence-corrected chi connectivity index (χ1v) is 24.1. The van der Waals surface area contributed by atoms with Crippen molar-refractivity contribution in [3.05, 3.63) is 238 Å². The van der Waals surface area contributed by atoms with Crippen molar-refractivity contribution in [3.63, 3.8) is 0 Å². The van der Waals surface area contributed by atoms with Gasteiger partial charge in [-0.3, -0.25) is 9.80 Å². The Morgan fingerprint density at radius 2 is 0.761 bits per heavy atom. The van der Waals surface area contributed by atoms with Crippen LogP contribution in [-0.4, -0.2) is 63.9 Å². The lowest BCUT2D eigenvalue weighted by molar-refractivity contribution is -0.0987. The molecule has 2 aliphatic heterocycles. The lowest BCUT2D eigenvalue weighted by atomic mass is 9.67. The summed E-state index contributed by atoms with van der Waals surface area (Å²) in [4.78, 5) is 25.8. The number of nitrogens with two attached hydrogens (primary N) is 2. The second kappa shape index (κ2) is 20.7. The molecule has 360 valence electrons. The summed E-state index contributed by atoms with van der Waals surface area (Å²) < 4.78 is 0. The molecule has 0 fully saturated rings. The Bertz CT molecular complexity index is 3010. The van der Waals surface area contributed by atoms with Crippen molar-refractivity contribution >= 4 is 36.3 Å². The van der Waals surface area contributed by atoms with Crippen molar-refractivity contribution in [2.24, 2.45) is 0 Å². The van der Waals surface area contributed by atoms with Crippen LogP contribution in [0, 0.1) is 0 Å². The average molecular weight is 939 g/mol. The molecule has 0 spiro atoms. The van der Waals surface area contributed by atoms with Gasteiger partial charge in [-0.25, -0.2) is 0 Å². The molecule has 0 atom stereocenters. The van der Waals surface area contributed by atoms with E-state index >= 15 is 0 Å². The van der Waals surface area contributed by atoms with E-state index < -0.39 is 0 Å². The number of nitrogen functional groups attached to an aromatic ring is 2. The summed E-state index contributed by atoms with van der Waals surface area (Å²) in [5.74, 6) is 0. The zero-order valence-electron chi connectivity index (χ0n) is 40.7. The van der Waals surface area contributed by atoms with E-state index in [0.29, 0.717) is 0 Å². The van der Waals surface area contributed by atoms with E-state index in [-0.39, 0.29) is 18.3 Å². The summed E-state index contributed by atoms with van der Waals surface area (Å²) >= 11 is 0. The molecule has 0 saturated heterocycles. The maximum atomic E-state index is 8.00. The maximum absolute atomic E-state index is 8.00. The Kier molecular flexibility index (Phi) is 14.4. The quantitative estimate of drug-likeness (QED) is 0.159. The van der Waals surface area contributed by atoms with Crippen LogP contribution in [0.1, 0.15) is 76.9 Å². The van der Waals surface area contributed by atoms with Crippen molar-refractivity contribution in [2.75, 3.05) is 61.8 Å². The van der Waals surface area contributed by atoms with E-state index in [2.05, 4.69) is 205 Å². The number of nitrogens with zero attached hydrogens (tertiary/aromatic N) is 4. The van der Waals surface area contributed by atoms with Gasteiger partial charge in [0.2, 0.25) is 0 Å². The molecule has 2 heterocycles. The highest BCUT2D eigenvalue weighted by Crippen LogP contribution is 2.58. The molecule has 0 radical (unpaired) electrons. The van der Waals surface area contributed by atoms with Gasteiger partial charge in [-0.1, -0.05) is 153 Å². The SMILES string of the molecule is C.C=O.C=O.CCN1CN(C)Cc2cc(C3(c4ccc5c(c4)N(CC)CN(C)C5)c4ccccc4-c4ccccc43)ccc21.Nc1ccc(C2(c3ccc(N)cc3)c3ccccc3-c3ccccc32)cc1. The third-order valence-corrected chi connectivity index (χ3v) is 14.8. The predicted octanol–water partition coefficient (Wildman–Crippen LogP) is 12.0. The average Bonchev–Trinajstić information content (AvgIpc) is 3.88. The Balaban J connectivity index is 0.000000185. The molecule has 0 unspecified atom stereocenters. The molecular weight excluding hydrogens is 873 g/mol. The van der Waals surface area contributed by atoms with Crippen molar-refractivity contribution in [1.82, 2.24) is 9.80 Å². The number of anilines is 4. The highest BCUT2D eigenvalue weighted by molar-refractivity contribution is 5.88. The van der Waals surface area contributed by atoms with Gasteiger partial charge in [-0.2, -0.15) is 0 Å². The standard InChI is InChI=1S/C35H38N4.C25H20N2.2CH2O.CH4/c1-5-38-23-37(4)22-26-19-27(17-18-33(26)38)35(28-16-15-25-21-36(3)24-39(6-2)34(25)20-28)31-13-9-7-11-29(31)30-12-8-10-14-32(30)35;26-19-13-9-17(10-14-19)25(18-11-15-20(27)16-12-18)23-7-3-1-5-21(23)22-6-2-4-8-24(22)25;2*1-2;/h7-20H,5-6,21-24H2,1-4H3;1-16H,26-27H2;2*1H2;1H4. The van der Waals surface area contributed by atoms with Crippen molar-refractivity contribution < 1.29 is 9.59 Å². The third-order valence-electron chi connectivity index (χ3n) is 14.8. The van der Waals surface area contributed by atoms with Crippen molar-refractivity contribution in [2.45, 2.75) is 45.2 Å². The van der Waals surface area contributed by atoms with E-state index in [4.69, 9.17) is 21.1 Å². The van der Waals surface area contributed by atoms with E-state index in [1.165, 1.54) is 89.3 Å². The number of rotatable bonds is 6. The van der Waals surface area contributed by atoms with E-state index in [0.717, 1.165) is 50.9 Å². The first-order chi connectivity index (χ1) is 34.2. The van der Waals surface area contributed by atoms with Crippen LogP contribution in [0.3, 0.4) is 0 Å². The number of benzene rings is 8. The van der Waals surface area contributed by atoms with E-state index in [1.807, 2.05) is 37.8 Å². The van der Waals surface area contributed by atoms with Crippen LogP contribution in [0.4, 0.5) is 22.7 Å². The molecule has 0 bridgehead atoms. The first kappa shape index (κ1) is 49.6. The number of hydrogen-bond donors (Lipinski definition) is 2. The minimum absolute atomic E-state index is 0. The maximum Gasteiger partial charge on any atom is 0.106 e. The topological polar surface area (TPSA) is 99.1 Å². The fraction of sp³-hybridized carbons (Fsp3) is 0.206. The number of carbonyl (C=O) groups excluding carboxylic acids is 2. The molecule has 2 aliphatic carbocycles. The van der Waals surface area contributed by atoms with Crippen LogP contribution in [0.15, 0.2) is 182 Å². The Morgan fingerprint density at radius 1 is 0.423 bits per heavy atom. The number of hydrogen-bond acceptors (Lipinski definition) is 8. The molecule has 8 aromatic rings. The fourth-order valence-electron chi connectivity index (χ4n) is 12.0. The van der Waals surface area contributed by atoms with Gasteiger partial charge >= 0.3 is 0 Å². The first-order valence-electron chi connectivity index (χ1n) is 24.1. The molecule has 0 aromatic heterocycles. The van der Waals surface area contributed by atoms with Crippen LogP contribution in [0.25, 0.3) is 22.3 Å². The van der Waals surface area contributed by atoms with Gasteiger partial charge in [0.05, 0.1) is 24.2 Å². The molecule has 0 amide bonds. The monoisotopic (exact) mass is 939 g/mol. The van der Waals surface area contributed by atoms with Crippen LogP contribution in [0.5, 0.6) is 0 Å². The summed E-state index contributed by atoms with van der Waals surface area (Å²) in [6, 6.07) is 66.7. The Labute approximate surface area is 420 Å². The molecule has 8 aromatic carbocycles. The second-order valence-corrected chi connectivity index (χ2v) is 18.6. The molecule has 8 heteroatoms. The number of fused-ring (bicyclic) bond motifs is 8. The lowest BCUT2D eigenvalue weighted by Crippen LogP contribution is -2.41. The summed E-state index contributed by atoms with van der Waals surface area (Å²) in [6.45, 7) is 14.4. The molecule has 12 rings (SSSR count). The van der Waals surface area contributed by atoms with Gasteiger partial charge in [0, 0.05) is 48.9 Å². The van der Waals surface area contributed by atoms with Gasteiger partial charge in [-0.05, 0) is 142 Å². The van der Waals surface area contributed by atoms with Crippen molar-refractivity contribution in [3.8, 4) is 22.3 Å². The van der Waals surface area contributed by atoms with Crippen LogP contribution in [-0.2, 0) is 33.5 Å². The molecule has 4 N–H and O–H groups in total. The third kappa shape index (κ3) is 8.17. The van der Waals surface area contributed by atoms with Gasteiger partial charge in [-0.15, -0.1) is 0 Å². The van der Waals surface area contributed by atoms with Crippen LogP contribution < -0.4 is 21.3 Å². The Hall–Kier alpha value is -7.78. The van der Waals surface area contributed by atoms with E-state index in [1.54, 1.807) is 0 Å². The Morgan fingerprint density at radius 3 is 1.18 bits per heavy atom. The summed E-state index contributed by atoms with van der Waals surface area (Å²) in [5, 5.41) is 0. The van der Waals surface area contributed by atoms with Gasteiger partial charge in [0.1, 0.15) is 13.6 Å². The normalized spacial score (nSPS) is 15.2. The van der Waals surface area contributed by atoms with Gasteiger partial charge in [0.25, 0.3) is 0 Å². The zero-order valence-corrected chi connectivity index (χ0v) is 40.7. The minimum Gasteiger partial charge on any atom is -0.399 e. The fourth-order valence-corrected chi connectivity index (χ4v) is 12.0. The second-order valence-electron chi connectivity index (χ2n) is 18.6. The summed E-state index contributed by atoms with van der Waals surface area (Å²) in [7, 11) is 4.45. The number of carbonyl (C=O) groups is 2. The van der Waals surface area contributed by atoms with Crippen LogP contribution >= 0.6 is 0 Å². The largest absolute Gasteiger partial charge is 0.399 e. The zero-order chi connectivity index (χ0) is 49.2. The molecule has 0 saturated carbocycles. The van der Waals surface area contributed by atoms with Gasteiger partial charge in [0.15, 0.2) is 0 Å². The molecular formula is C63H66N6O2. The highest BCUT2D eigenvalue weighted by atomic mass is 16.1. The minimum atomic E-state index is -0.380. The summed E-state index contributed by atoms with van der Waals surface area (Å²) in [5.41, 5.74) is 34.1. The molecule has 4 aliphatic rings. The predicted molar refractivity (Wildman–Crippen MR) is 296 cm³/mol. The van der Waals surface area contributed by atoms with Crippen LogP contribution in [0.2, 0.25) is 0 Å². The molecule has 71 heavy (non-hydrogen) atoms. The van der Waals surface area contributed by atoms with Crippen molar-refractivity contribution in [1.29, 1.82) is 0 Å². The summed E-state index contributed by atoms with van der Waals surface area (Å²) in [6.07, 6.45) is 0. The molecule has 8 nitrogen and oxygen atoms in total. The van der Waals surface area contributed by atoms with E-state index in [9.17, 15) is 0 Å². The lowest BCUT2D eigenvalue weighted by Gasteiger charge is -2.40.